The van der Waals surface area contributed by atoms with Crippen molar-refractivity contribution < 1.29 is 38.4 Å². The Morgan fingerprint density at radius 3 is 2.15 bits per heavy atom. The molecule has 0 spiro atoms. The zero-order valence-electron chi connectivity index (χ0n) is 29.1. The number of esters is 1. The molecule has 4 aromatic carbocycles. The monoisotopic (exact) mass is 703 g/mol. The van der Waals surface area contributed by atoms with E-state index < -0.39 is 17.9 Å². The second-order valence-corrected chi connectivity index (χ2v) is 13.6. The predicted octanol–water partition coefficient (Wildman–Crippen LogP) is 6.99. The Morgan fingerprint density at radius 1 is 0.846 bits per heavy atom. The lowest BCUT2D eigenvalue weighted by atomic mass is 9.65. The number of fused-ring (bicyclic) bond motifs is 5. The maximum atomic E-state index is 13.5. The number of hydrogen-bond acceptors (Lipinski definition) is 10. The third-order valence-electron chi connectivity index (χ3n) is 10.6. The van der Waals surface area contributed by atoms with E-state index in [-0.39, 0.29) is 48.4 Å². The number of para-hydroxylation sites is 2. The Morgan fingerprint density at radius 2 is 1.48 bits per heavy atom. The highest BCUT2D eigenvalue weighted by Gasteiger charge is 2.53. The van der Waals surface area contributed by atoms with Crippen LogP contribution in [0.15, 0.2) is 72.8 Å². The van der Waals surface area contributed by atoms with Crippen LogP contribution in [0.5, 0.6) is 28.7 Å². The van der Waals surface area contributed by atoms with Crippen molar-refractivity contribution in [2.75, 3.05) is 39.5 Å². The van der Waals surface area contributed by atoms with Crippen LogP contribution < -0.4 is 29.6 Å². The third kappa shape index (κ3) is 6.03. The molecule has 1 aromatic heterocycles. The van der Waals surface area contributed by atoms with Crippen molar-refractivity contribution in [3.63, 3.8) is 0 Å². The van der Waals surface area contributed by atoms with Gasteiger partial charge in [0.15, 0.2) is 23.0 Å². The van der Waals surface area contributed by atoms with Gasteiger partial charge in [0.2, 0.25) is 18.4 Å². The molecule has 11 heteroatoms. The van der Waals surface area contributed by atoms with Gasteiger partial charge < -0.3 is 39.4 Å². The first-order chi connectivity index (χ1) is 25.4. The predicted molar refractivity (Wildman–Crippen MR) is 195 cm³/mol. The zero-order valence-corrected chi connectivity index (χ0v) is 29.1. The van der Waals surface area contributed by atoms with Gasteiger partial charge in [0.1, 0.15) is 0 Å². The number of unbranched alkanes of at least 4 members (excludes halogenated alkanes) is 3. The Bertz CT molecular complexity index is 2090. The van der Waals surface area contributed by atoms with Crippen LogP contribution in [0.1, 0.15) is 60.8 Å². The average Bonchev–Trinajstić information content (AvgIpc) is 3.79. The molecule has 52 heavy (non-hydrogen) atoms. The van der Waals surface area contributed by atoms with Crippen molar-refractivity contribution >= 4 is 39.4 Å². The normalized spacial score (nSPS) is 19.9. The summed E-state index contributed by atoms with van der Waals surface area (Å²) in [5, 5.41) is 19.8. The highest BCUT2D eigenvalue weighted by Crippen LogP contribution is 2.55. The summed E-state index contributed by atoms with van der Waals surface area (Å²) < 4.78 is 28.1. The topological polar surface area (TPSA) is 137 Å². The molecule has 3 heterocycles. The lowest BCUT2D eigenvalue weighted by Crippen LogP contribution is -2.42. The maximum Gasteiger partial charge on any atom is 0.310 e. The quantitative estimate of drug-likeness (QED) is 0.0708. The standard InChI is InChI=1S/C41H41N3O8/c1-48-33-17-23(18-34(49-2)40(33)46)36-26-19-31-32(52-22-51-31)20-27(26)39(28-21-50-41(47)37(28)36)44-35(45)15-5-3-4-10-16-42-38-24-11-6-8-13-29(24)43-30-14-9-7-12-25(30)38/h6-9,11-14,17-20,28,36-37,39,46H,3-5,10,15-16,21-22H2,1-2H3,(H,42,43)(H,44,45)/t28?,36?,37-,39+/m0/s1. The molecule has 3 aliphatic rings. The van der Waals surface area contributed by atoms with Crippen LogP contribution in [0.3, 0.4) is 0 Å². The summed E-state index contributed by atoms with van der Waals surface area (Å²) in [7, 11) is 2.93. The van der Waals surface area contributed by atoms with Gasteiger partial charge in [0, 0.05) is 35.6 Å². The molecule has 4 atom stereocenters. The van der Waals surface area contributed by atoms with Crippen molar-refractivity contribution in [1.29, 1.82) is 0 Å². The number of hydrogen-bond donors (Lipinski definition) is 3. The summed E-state index contributed by atoms with van der Waals surface area (Å²) in [5.41, 5.74) is 5.41. The molecular formula is C41H41N3O8. The molecule has 1 saturated heterocycles. The average molecular weight is 704 g/mol. The number of amides is 1. The van der Waals surface area contributed by atoms with Crippen molar-refractivity contribution in [1.82, 2.24) is 10.3 Å². The van der Waals surface area contributed by atoms with Gasteiger partial charge in [0.25, 0.3) is 0 Å². The molecule has 0 bridgehead atoms. The molecule has 0 saturated carbocycles. The van der Waals surface area contributed by atoms with Gasteiger partial charge in [-0.1, -0.05) is 49.2 Å². The number of pyridine rings is 1. The number of carbonyl (C=O) groups is 2. The Hall–Kier alpha value is -5.71. The molecule has 3 N–H and O–H groups in total. The van der Waals surface area contributed by atoms with E-state index in [1.807, 2.05) is 48.5 Å². The van der Waals surface area contributed by atoms with Crippen LogP contribution in [-0.2, 0) is 14.3 Å². The van der Waals surface area contributed by atoms with E-state index >= 15 is 0 Å². The minimum Gasteiger partial charge on any atom is -0.502 e. The van der Waals surface area contributed by atoms with Crippen molar-refractivity contribution in [2.24, 2.45) is 11.8 Å². The Balaban J connectivity index is 0.948. The van der Waals surface area contributed by atoms with E-state index in [2.05, 4.69) is 22.8 Å². The second kappa shape index (κ2) is 14.1. The lowest BCUT2D eigenvalue weighted by Gasteiger charge is -2.39. The zero-order chi connectivity index (χ0) is 35.8. The number of aromatic hydroxyl groups is 1. The van der Waals surface area contributed by atoms with Gasteiger partial charge >= 0.3 is 5.97 Å². The van der Waals surface area contributed by atoms with Crippen molar-refractivity contribution in [3.8, 4) is 28.7 Å². The number of anilines is 1. The first-order valence-electron chi connectivity index (χ1n) is 17.8. The summed E-state index contributed by atoms with van der Waals surface area (Å²) in [5.74, 6) is -0.341. The first kappa shape index (κ1) is 33.4. The molecule has 5 aromatic rings. The lowest BCUT2D eigenvalue weighted by molar-refractivity contribution is -0.141. The Labute approximate surface area is 301 Å². The van der Waals surface area contributed by atoms with Crippen LogP contribution in [-0.4, -0.2) is 56.1 Å². The number of nitrogens with zero attached hydrogens (tertiary/aromatic N) is 1. The van der Waals surface area contributed by atoms with Gasteiger partial charge in [-0.15, -0.1) is 0 Å². The number of carbonyl (C=O) groups excluding carboxylic acids is 2. The van der Waals surface area contributed by atoms with E-state index in [1.54, 1.807) is 12.1 Å². The van der Waals surface area contributed by atoms with E-state index in [9.17, 15) is 14.7 Å². The van der Waals surface area contributed by atoms with Crippen LogP contribution in [0.25, 0.3) is 21.8 Å². The molecular weight excluding hydrogens is 662 g/mol. The number of benzene rings is 4. The number of phenols is 1. The smallest absolute Gasteiger partial charge is 0.310 e. The number of aromatic nitrogens is 1. The molecule has 1 aliphatic carbocycles. The Kier molecular flexibility index (Phi) is 9.09. The highest BCUT2D eigenvalue weighted by molar-refractivity contribution is 6.07. The molecule has 8 rings (SSSR count). The van der Waals surface area contributed by atoms with Gasteiger partial charge in [-0.3, -0.25) is 9.59 Å². The van der Waals surface area contributed by atoms with Gasteiger partial charge in [-0.2, -0.15) is 0 Å². The van der Waals surface area contributed by atoms with E-state index in [1.165, 1.54) is 14.2 Å². The molecule has 268 valence electrons. The SMILES string of the molecule is COc1cc(C2c3cc4c(cc3[C@@H](NC(=O)CCCCCCNc3c5ccccc5nc5ccccc35)C3COC(=O)[C@H]23)OCO4)cc(OC)c1O. The third-order valence-corrected chi connectivity index (χ3v) is 10.6. The highest BCUT2D eigenvalue weighted by atomic mass is 16.7. The van der Waals surface area contributed by atoms with Gasteiger partial charge in [0.05, 0.1) is 49.5 Å². The van der Waals surface area contributed by atoms with E-state index in [4.69, 9.17) is 28.7 Å². The minimum absolute atomic E-state index is 0.0778. The molecule has 0 radical (unpaired) electrons. The van der Waals surface area contributed by atoms with Crippen molar-refractivity contribution in [3.05, 3.63) is 89.5 Å². The summed E-state index contributed by atoms with van der Waals surface area (Å²) in [4.78, 5) is 31.8. The number of cyclic esters (lactones) is 1. The van der Waals surface area contributed by atoms with Crippen LogP contribution >= 0.6 is 0 Å². The fourth-order valence-corrected chi connectivity index (χ4v) is 8.09. The summed E-state index contributed by atoms with van der Waals surface area (Å²) in [6, 6.07) is 23.1. The molecule has 1 amide bonds. The number of phenolic OH excluding ortho intramolecular Hbond substituents is 1. The van der Waals surface area contributed by atoms with Crippen molar-refractivity contribution in [2.45, 2.75) is 44.1 Å². The van der Waals surface area contributed by atoms with Gasteiger partial charge in [-0.25, -0.2) is 4.98 Å². The summed E-state index contributed by atoms with van der Waals surface area (Å²) in [6.45, 7) is 1.07. The number of rotatable bonds is 12. The molecule has 1 fully saturated rings. The second-order valence-electron chi connectivity index (χ2n) is 13.6. The van der Waals surface area contributed by atoms with Crippen LogP contribution in [0.4, 0.5) is 5.69 Å². The van der Waals surface area contributed by atoms with Crippen LogP contribution in [0.2, 0.25) is 0 Å². The summed E-state index contributed by atoms with van der Waals surface area (Å²) >= 11 is 0. The molecule has 11 nitrogen and oxygen atoms in total. The molecule has 2 unspecified atom stereocenters. The number of methoxy groups -OCH3 is 2. The van der Waals surface area contributed by atoms with E-state index in [0.29, 0.717) is 23.5 Å². The number of ether oxygens (including phenoxy) is 5. The van der Waals surface area contributed by atoms with Gasteiger partial charge in [-0.05, 0) is 65.9 Å². The minimum atomic E-state index is -0.598. The maximum absolute atomic E-state index is 13.5. The summed E-state index contributed by atoms with van der Waals surface area (Å²) in [6.07, 6.45) is 3.96. The first-order valence-corrected chi connectivity index (χ1v) is 17.8. The largest absolute Gasteiger partial charge is 0.502 e. The van der Waals surface area contributed by atoms with Crippen LogP contribution in [0, 0.1) is 11.8 Å². The molecule has 2 aliphatic heterocycles. The number of nitrogens with one attached hydrogen (secondary N) is 2. The fraction of sp³-hybridized carbons (Fsp3) is 0.341. The fourth-order valence-electron chi connectivity index (χ4n) is 8.09. The van der Waals surface area contributed by atoms with E-state index in [0.717, 1.165) is 70.8 Å².